The molecule has 0 aliphatic carbocycles. The third kappa shape index (κ3) is 2.95. The summed E-state index contributed by atoms with van der Waals surface area (Å²) >= 11 is 1.44. The van der Waals surface area contributed by atoms with E-state index in [4.69, 9.17) is 5.73 Å². The van der Waals surface area contributed by atoms with Crippen molar-refractivity contribution in [3.8, 4) is 5.88 Å². The average molecular weight is 371 g/mol. The number of aromatic hydroxyl groups is 1. The van der Waals surface area contributed by atoms with Gasteiger partial charge in [-0.1, -0.05) is 41.2 Å². The Kier molecular flexibility index (Phi) is 4.37. The first-order valence-corrected chi connectivity index (χ1v) is 9.47. The second kappa shape index (κ2) is 6.69. The van der Waals surface area contributed by atoms with Gasteiger partial charge in [0.1, 0.15) is 6.33 Å². The molecule has 26 heavy (non-hydrogen) atoms. The van der Waals surface area contributed by atoms with E-state index < -0.39 is 0 Å². The Hall–Kier alpha value is -2.45. The number of aryl methyl sites for hydroxylation is 1. The van der Waals surface area contributed by atoms with Crippen molar-refractivity contribution in [1.82, 2.24) is 19.5 Å². The molecular formula is C18H21N5O2S. The highest BCUT2D eigenvalue weighted by atomic mass is 32.1. The van der Waals surface area contributed by atoms with Gasteiger partial charge in [0, 0.05) is 5.92 Å². The zero-order chi connectivity index (χ0) is 18.3. The molecular weight excluding hydrogens is 350 g/mol. The minimum absolute atomic E-state index is 0.0687. The molecule has 0 bridgehead atoms. The molecule has 3 heterocycles. The Labute approximate surface area is 155 Å². The number of piperidine rings is 1. The van der Waals surface area contributed by atoms with Crippen LogP contribution in [0.15, 0.2) is 30.6 Å². The monoisotopic (exact) mass is 371 g/mol. The molecule has 8 heteroatoms. The lowest BCUT2D eigenvalue weighted by Gasteiger charge is -2.36. The highest BCUT2D eigenvalue weighted by Crippen LogP contribution is 2.41. The first kappa shape index (κ1) is 17.0. The number of benzene rings is 1. The first-order valence-electron chi connectivity index (χ1n) is 8.66. The van der Waals surface area contributed by atoms with Crippen molar-refractivity contribution in [3.05, 3.63) is 46.6 Å². The fraction of sp³-hybridized carbons (Fsp3) is 0.389. The number of fused-ring (bicyclic) bond motifs is 1. The quantitative estimate of drug-likeness (QED) is 0.732. The van der Waals surface area contributed by atoms with E-state index in [1.54, 1.807) is 0 Å². The van der Waals surface area contributed by atoms with Gasteiger partial charge in [-0.05, 0) is 38.4 Å². The number of nitrogens with two attached hydrogens (primary N) is 1. The van der Waals surface area contributed by atoms with Crippen LogP contribution in [0.1, 0.15) is 34.9 Å². The van der Waals surface area contributed by atoms with Gasteiger partial charge < -0.3 is 10.8 Å². The van der Waals surface area contributed by atoms with Gasteiger partial charge in [-0.25, -0.2) is 4.98 Å². The third-order valence-electron chi connectivity index (χ3n) is 5.08. The van der Waals surface area contributed by atoms with E-state index in [2.05, 4.69) is 46.2 Å². The fourth-order valence-corrected chi connectivity index (χ4v) is 4.68. The number of hydrogen-bond acceptors (Lipinski definition) is 6. The van der Waals surface area contributed by atoms with E-state index in [1.165, 1.54) is 27.7 Å². The first-order chi connectivity index (χ1) is 12.5. The van der Waals surface area contributed by atoms with Crippen molar-refractivity contribution >= 4 is 22.2 Å². The van der Waals surface area contributed by atoms with Crippen LogP contribution < -0.4 is 5.73 Å². The lowest BCUT2D eigenvalue weighted by Crippen LogP contribution is -2.40. The topological polar surface area (TPSA) is 96.8 Å². The van der Waals surface area contributed by atoms with E-state index in [-0.39, 0.29) is 23.7 Å². The number of likely N-dealkylation sites (tertiary alicyclic amines) is 1. The van der Waals surface area contributed by atoms with Crippen molar-refractivity contribution in [2.45, 2.75) is 25.8 Å². The molecule has 0 radical (unpaired) electrons. The maximum absolute atomic E-state index is 11.5. The van der Waals surface area contributed by atoms with Gasteiger partial charge in [0.2, 0.25) is 16.7 Å². The second-order valence-electron chi connectivity index (χ2n) is 6.77. The van der Waals surface area contributed by atoms with Crippen LogP contribution in [-0.2, 0) is 4.79 Å². The van der Waals surface area contributed by atoms with E-state index in [9.17, 15) is 9.90 Å². The van der Waals surface area contributed by atoms with Gasteiger partial charge in [-0.15, -0.1) is 0 Å². The minimum atomic E-state index is -0.224. The number of thiazole rings is 1. The SMILES string of the molecule is Cc1ccc(C(c2sc3ncnn3c2O)N2CCC(C(N)=O)CC2)cc1. The van der Waals surface area contributed by atoms with Crippen molar-refractivity contribution in [1.29, 1.82) is 0 Å². The summed E-state index contributed by atoms with van der Waals surface area (Å²) in [4.78, 5) is 19.5. The number of hydrogen-bond donors (Lipinski definition) is 2. The predicted molar refractivity (Wildman–Crippen MR) is 99.0 cm³/mol. The van der Waals surface area contributed by atoms with Crippen LogP contribution in [0.2, 0.25) is 0 Å². The summed E-state index contributed by atoms with van der Waals surface area (Å²) < 4.78 is 1.47. The lowest BCUT2D eigenvalue weighted by molar-refractivity contribution is -0.123. The summed E-state index contributed by atoms with van der Waals surface area (Å²) in [5, 5.41) is 14.8. The number of carbonyl (C=O) groups excluding carboxylic acids is 1. The number of primary amides is 1. The molecule has 7 nitrogen and oxygen atoms in total. The van der Waals surface area contributed by atoms with Gasteiger partial charge in [0.25, 0.3) is 0 Å². The Bertz CT molecular complexity index is 925. The summed E-state index contributed by atoms with van der Waals surface area (Å²) in [5.74, 6) is -0.163. The van der Waals surface area contributed by atoms with Crippen LogP contribution >= 0.6 is 11.3 Å². The van der Waals surface area contributed by atoms with E-state index in [1.807, 2.05) is 0 Å². The van der Waals surface area contributed by atoms with Crippen LogP contribution in [0.3, 0.4) is 0 Å². The zero-order valence-electron chi connectivity index (χ0n) is 14.5. The highest BCUT2D eigenvalue weighted by Gasteiger charge is 2.33. The summed E-state index contributed by atoms with van der Waals surface area (Å²) in [6.45, 7) is 3.55. The van der Waals surface area contributed by atoms with E-state index >= 15 is 0 Å². The summed E-state index contributed by atoms with van der Waals surface area (Å²) in [6, 6.07) is 8.24. The number of aromatic nitrogens is 3. The summed E-state index contributed by atoms with van der Waals surface area (Å²) in [7, 11) is 0. The molecule has 136 valence electrons. The normalized spacial score (nSPS) is 17.6. The summed E-state index contributed by atoms with van der Waals surface area (Å²) in [5.41, 5.74) is 7.76. The molecule has 3 aromatic rings. The van der Waals surface area contributed by atoms with Crippen molar-refractivity contribution in [2.24, 2.45) is 11.7 Å². The van der Waals surface area contributed by atoms with Crippen LogP contribution in [-0.4, -0.2) is 43.6 Å². The van der Waals surface area contributed by atoms with E-state index in [0.29, 0.717) is 4.96 Å². The van der Waals surface area contributed by atoms with Crippen molar-refractivity contribution in [2.75, 3.05) is 13.1 Å². The minimum Gasteiger partial charge on any atom is -0.492 e. The number of carbonyl (C=O) groups is 1. The molecule has 0 spiro atoms. The largest absolute Gasteiger partial charge is 0.492 e. The lowest BCUT2D eigenvalue weighted by atomic mass is 9.93. The van der Waals surface area contributed by atoms with Crippen LogP contribution in [0.5, 0.6) is 5.88 Å². The molecule has 1 amide bonds. The molecule has 3 N–H and O–H groups in total. The Morgan fingerprint density at radius 2 is 2.00 bits per heavy atom. The molecule has 1 aliphatic rings. The van der Waals surface area contributed by atoms with Crippen molar-refractivity contribution in [3.63, 3.8) is 0 Å². The molecule has 1 unspecified atom stereocenters. The van der Waals surface area contributed by atoms with Crippen LogP contribution in [0, 0.1) is 12.8 Å². The zero-order valence-corrected chi connectivity index (χ0v) is 15.3. The standard InChI is InChI=1S/C18H21N5O2S/c1-11-2-4-12(5-3-11)14(22-8-6-13(7-9-22)16(19)24)15-17(25)23-18(26-15)20-10-21-23/h2-5,10,13-14,25H,6-9H2,1H3,(H2,19,24). The average Bonchev–Trinajstić information content (AvgIpc) is 3.21. The van der Waals surface area contributed by atoms with Gasteiger partial charge in [0.15, 0.2) is 0 Å². The maximum atomic E-state index is 11.5. The second-order valence-corrected chi connectivity index (χ2v) is 7.78. The summed E-state index contributed by atoms with van der Waals surface area (Å²) in [6.07, 6.45) is 2.91. The Morgan fingerprint density at radius 1 is 1.31 bits per heavy atom. The van der Waals surface area contributed by atoms with Crippen LogP contribution in [0.25, 0.3) is 4.96 Å². The number of amides is 1. The van der Waals surface area contributed by atoms with Gasteiger partial charge >= 0.3 is 0 Å². The van der Waals surface area contributed by atoms with Crippen molar-refractivity contribution < 1.29 is 9.90 Å². The predicted octanol–water partition coefficient (Wildman–Crippen LogP) is 2.09. The van der Waals surface area contributed by atoms with Crippen LogP contribution in [0.4, 0.5) is 0 Å². The molecule has 2 aromatic heterocycles. The molecule has 1 fully saturated rings. The smallest absolute Gasteiger partial charge is 0.230 e. The van der Waals surface area contributed by atoms with Gasteiger partial charge in [-0.2, -0.15) is 9.61 Å². The molecule has 1 aliphatic heterocycles. The molecule has 4 rings (SSSR count). The maximum Gasteiger partial charge on any atom is 0.230 e. The highest BCUT2D eigenvalue weighted by molar-refractivity contribution is 7.17. The Morgan fingerprint density at radius 3 is 2.62 bits per heavy atom. The molecule has 1 aromatic carbocycles. The van der Waals surface area contributed by atoms with Gasteiger partial charge in [-0.3, -0.25) is 9.69 Å². The van der Waals surface area contributed by atoms with E-state index in [0.717, 1.165) is 36.4 Å². The third-order valence-corrected chi connectivity index (χ3v) is 6.16. The van der Waals surface area contributed by atoms with Gasteiger partial charge in [0.05, 0.1) is 10.9 Å². The number of rotatable bonds is 4. The fourth-order valence-electron chi connectivity index (χ4n) is 3.59. The Balaban J connectivity index is 1.72. The molecule has 1 atom stereocenters. The molecule has 1 saturated heterocycles. The molecule has 0 saturated carbocycles. The number of nitrogens with zero attached hydrogens (tertiary/aromatic N) is 4.